The maximum absolute atomic E-state index is 5.98. The van der Waals surface area contributed by atoms with Crippen LogP contribution in [0.3, 0.4) is 0 Å². The van der Waals surface area contributed by atoms with Crippen LogP contribution in [0.1, 0.15) is 245 Å². The van der Waals surface area contributed by atoms with E-state index >= 15 is 0 Å². The van der Waals surface area contributed by atoms with Gasteiger partial charge in [-0.25, -0.2) is 0 Å². The smallest absolute Gasteiger partial charge is 0.374 e. The van der Waals surface area contributed by atoms with Crippen LogP contribution < -0.4 is 5.73 Å². The normalized spacial score (nSPS) is 12.0. The topological polar surface area (TPSA) is 53.7 Å². The molecule has 0 fully saturated rings. The van der Waals surface area contributed by atoms with Gasteiger partial charge in [0, 0.05) is 25.9 Å². The molecule has 0 atom stereocenters. The molecule has 0 rings (SSSR count). The summed E-state index contributed by atoms with van der Waals surface area (Å²) < 4.78 is 17.9. The van der Waals surface area contributed by atoms with Gasteiger partial charge in [-0.15, -0.1) is 0 Å². The zero-order valence-corrected chi connectivity index (χ0v) is 34.6. The lowest BCUT2D eigenvalue weighted by Gasteiger charge is -2.28. The van der Waals surface area contributed by atoms with Gasteiger partial charge in [0.25, 0.3) is 0 Å². The summed E-state index contributed by atoms with van der Waals surface area (Å²) in [6.07, 6.45) is 50.1. The van der Waals surface area contributed by atoms with Crippen LogP contribution in [0.15, 0.2) is 0 Å². The van der Waals surface area contributed by atoms with E-state index in [0.29, 0.717) is 19.8 Å². The second-order valence-corrected chi connectivity index (χ2v) is 17.6. The molecule has 0 bridgehead atoms. The summed E-state index contributed by atoms with van der Waals surface area (Å²) in [4.78, 5) is 0. The van der Waals surface area contributed by atoms with Crippen molar-refractivity contribution in [3.63, 3.8) is 0 Å². The van der Waals surface area contributed by atoms with Crippen molar-refractivity contribution >= 4 is 8.80 Å². The predicted molar refractivity (Wildman–Crippen MR) is 216 cm³/mol. The molecule has 0 spiro atoms. The fraction of sp³-hybridized carbons (Fsp3) is 1.00. The maximum atomic E-state index is 5.98. The lowest BCUT2D eigenvalue weighted by atomic mass is 10.0. The summed E-state index contributed by atoms with van der Waals surface area (Å²) in [5.41, 5.74) is 5.56. The molecule has 0 saturated heterocycles. The summed E-state index contributed by atoms with van der Waals surface area (Å²) in [5, 5.41) is 0. The molecule has 0 unspecified atom stereocenters. The quantitative estimate of drug-likeness (QED) is 0.0509. The number of rotatable bonds is 43. The SMILES string of the molecule is CCO[Si](CCCCCCCCCCCCCCCCCCCCCCCCCCCCCCCCCCCCCN)(OCC)OCC. The van der Waals surface area contributed by atoms with Crippen LogP contribution in [-0.4, -0.2) is 35.2 Å². The molecule has 0 amide bonds. The van der Waals surface area contributed by atoms with Crippen LogP contribution in [0, 0.1) is 0 Å². The van der Waals surface area contributed by atoms with E-state index in [2.05, 4.69) is 0 Å². The van der Waals surface area contributed by atoms with Gasteiger partial charge in [-0.05, 0) is 40.2 Å². The van der Waals surface area contributed by atoms with E-state index in [1.807, 2.05) is 20.8 Å². The summed E-state index contributed by atoms with van der Waals surface area (Å²) in [6, 6.07) is 0.973. The van der Waals surface area contributed by atoms with Crippen LogP contribution in [0.5, 0.6) is 0 Å². The molecule has 48 heavy (non-hydrogen) atoms. The predicted octanol–water partition coefficient (Wildman–Crippen LogP) is 14.6. The monoisotopic (exact) mass is 698 g/mol. The summed E-state index contributed by atoms with van der Waals surface area (Å²) in [5.74, 6) is 0. The van der Waals surface area contributed by atoms with E-state index < -0.39 is 8.80 Å². The minimum atomic E-state index is -2.42. The first kappa shape index (κ1) is 48.1. The van der Waals surface area contributed by atoms with E-state index in [4.69, 9.17) is 19.0 Å². The van der Waals surface area contributed by atoms with Crippen LogP contribution in [-0.2, 0) is 13.3 Å². The Morgan fingerprint density at radius 1 is 0.271 bits per heavy atom. The van der Waals surface area contributed by atoms with Gasteiger partial charge >= 0.3 is 8.80 Å². The van der Waals surface area contributed by atoms with Gasteiger partial charge in [0.15, 0.2) is 0 Å². The molecule has 0 aromatic carbocycles. The molecule has 0 aromatic rings. The molecule has 0 heterocycles. The Labute approximate surface area is 304 Å². The van der Waals surface area contributed by atoms with Gasteiger partial charge in [-0.3, -0.25) is 0 Å². The van der Waals surface area contributed by atoms with Crippen LogP contribution in [0.25, 0.3) is 0 Å². The number of unbranched alkanes of at least 4 members (excludes halogenated alkanes) is 34. The number of hydrogen-bond acceptors (Lipinski definition) is 4. The van der Waals surface area contributed by atoms with Crippen LogP contribution in [0.2, 0.25) is 6.04 Å². The van der Waals surface area contributed by atoms with Crippen molar-refractivity contribution in [2.45, 2.75) is 252 Å². The van der Waals surface area contributed by atoms with Crippen molar-refractivity contribution in [3.8, 4) is 0 Å². The van der Waals surface area contributed by atoms with E-state index in [0.717, 1.165) is 12.6 Å². The van der Waals surface area contributed by atoms with Crippen molar-refractivity contribution in [2.24, 2.45) is 5.73 Å². The molecule has 290 valence electrons. The summed E-state index contributed by atoms with van der Waals surface area (Å²) >= 11 is 0. The van der Waals surface area contributed by atoms with Crippen molar-refractivity contribution in [1.82, 2.24) is 0 Å². The Balaban J connectivity index is 3.21. The first-order chi connectivity index (χ1) is 23.7. The fourth-order valence-electron chi connectivity index (χ4n) is 7.32. The van der Waals surface area contributed by atoms with Crippen LogP contribution in [0.4, 0.5) is 0 Å². The molecular weight excluding hydrogens is 607 g/mol. The Morgan fingerprint density at radius 2 is 0.438 bits per heavy atom. The summed E-state index contributed by atoms with van der Waals surface area (Å²) in [6.45, 7) is 9.06. The zero-order valence-electron chi connectivity index (χ0n) is 33.6. The molecule has 0 aliphatic rings. The molecule has 0 aromatic heterocycles. The molecule has 5 heteroatoms. The van der Waals surface area contributed by atoms with Gasteiger partial charge in [0.1, 0.15) is 0 Å². The molecule has 0 aliphatic carbocycles. The van der Waals surface area contributed by atoms with Crippen molar-refractivity contribution < 1.29 is 13.3 Å². The Bertz CT molecular complexity index is 561. The molecule has 2 N–H and O–H groups in total. The fourth-order valence-corrected chi connectivity index (χ4v) is 10.0. The highest BCUT2D eigenvalue weighted by Gasteiger charge is 2.39. The standard InChI is InChI=1S/C43H91NO3Si/c1-4-45-48(46-5-2,47-6-3)43-41-39-37-35-33-31-29-27-25-23-21-19-17-15-13-11-9-7-8-10-12-14-16-18-20-22-24-26-28-30-32-34-36-38-40-42-44/h4-44H2,1-3H3. The lowest BCUT2D eigenvalue weighted by molar-refractivity contribution is 0.0706. The molecular formula is C43H91NO3Si. The van der Waals surface area contributed by atoms with E-state index in [1.165, 1.54) is 225 Å². The summed E-state index contributed by atoms with van der Waals surface area (Å²) in [7, 11) is -2.42. The molecule has 0 saturated carbocycles. The second-order valence-electron chi connectivity index (χ2n) is 14.9. The van der Waals surface area contributed by atoms with E-state index in [9.17, 15) is 0 Å². The Morgan fingerprint density at radius 3 is 0.604 bits per heavy atom. The average Bonchev–Trinajstić information content (AvgIpc) is 3.08. The van der Waals surface area contributed by atoms with Crippen LogP contribution >= 0.6 is 0 Å². The highest BCUT2D eigenvalue weighted by molar-refractivity contribution is 6.60. The average molecular weight is 698 g/mol. The Kier molecular flexibility index (Phi) is 41.5. The van der Waals surface area contributed by atoms with Gasteiger partial charge in [0.05, 0.1) is 0 Å². The van der Waals surface area contributed by atoms with Gasteiger partial charge in [-0.2, -0.15) is 0 Å². The third-order valence-electron chi connectivity index (χ3n) is 10.3. The zero-order chi connectivity index (χ0) is 34.9. The van der Waals surface area contributed by atoms with Gasteiger partial charge in [0.2, 0.25) is 0 Å². The minimum absolute atomic E-state index is 0.685. The van der Waals surface area contributed by atoms with Gasteiger partial charge in [-0.1, -0.05) is 212 Å². The highest BCUT2D eigenvalue weighted by atomic mass is 28.4. The minimum Gasteiger partial charge on any atom is -0.374 e. The third-order valence-corrected chi connectivity index (χ3v) is 13.4. The third kappa shape index (κ3) is 35.9. The van der Waals surface area contributed by atoms with Crippen molar-refractivity contribution in [3.05, 3.63) is 0 Å². The van der Waals surface area contributed by atoms with E-state index in [1.54, 1.807) is 0 Å². The second kappa shape index (κ2) is 41.5. The number of nitrogens with two attached hydrogens (primary N) is 1. The van der Waals surface area contributed by atoms with Crippen molar-refractivity contribution in [1.29, 1.82) is 0 Å². The van der Waals surface area contributed by atoms with E-state index in [-0.39, 0.29) is 0 Å². The maximum Gasteiger partial charge on any atom is 0.500 e. The first-order valence-electron chi connectivity index (χ1n) is 22.4. The first-order valence-corrected chi connectivity index (χ1v) is 24.3. The van der Waals surface area contributed by atoms with Crippen molar-refractivity contribution in [2.75, 3.05) is 26.4 Å². The molecule has 0 aliphatic heterocycles. The van der Waals surface area contributed by atoms with Gasteiger partial charge < -0.3 is 19.0 Å². The number of hydrogen-bond donors (Lipinski definition) is 1. The molecule has 4 nitrogen and oxygen atoms in total. The lowest BCUT2D eigenvalue weighted by Crippen LogP contribution is -2.45. The Hall–Kier alpha value is 0.0569. The molecule has 0 radical (unpaired) electrons. The highest BCUT2D eigenvalue weighted by Crippen LogP contribution is 2.21. The largest absolute Gasteiger partial charge is 0.500 e.